The number of hydrogen-bond acceptors (Lipinski definition) is 4. The second-order valence-electron chi connectivity index (χ2n) is 8.13. The van der Waals surface area contributed by atoms with E-state index in [1.807, 2.05) is 31.2 Å². The van der Waals surface area contributed by atoms with Crippen molar-refractivity contribution in [3.8, 4) is 17.6 Å². The smallest absolute Gasteiger partial charge is 0.303 e. The summed E-state index contributed by atoms with van der Waals surface area (Å²) in [6.07, 6.45) is 5.07. The minimum Gasteiger partial charge on any atom is -0.489 e. The first-order valence-electron chi connectivity index (χ1n) is 10.4. The molecule has 2 aliphatic rings. The number of aryl methyl sites for hydroxylation is 1. The zero-order chi connectivity index (χ0) is 21.0. The van der Waals surface area contributed by atoms with Crippen molar-refractivity contribution in [1.29, 1.82) is 0 Å². The van der Waals surface area contributed by atoms with Crippen LogP contribution in [-0.4, -0.2) is 39.6 Å². The number of aliphatic hydroxyl groups excluding tert-OH is 2. The van der Waals surface area contributed by atoms with Gasteiger partial charge in [-0.15, -0.1) is 11.8 Å². The monoisotopic (exact) mass is 398 g/mol. The normalized spacial score (nSPS) is 26.9. The molecule has 1 fully saturated rings. The molecule has 29 heavy (non-hydrogen) atoms. The number of rotatable bonds is 8. The maximum absolute atomic E-state index is 10.8. The summed E-state index contributed by atoms with van der Waals surface area (Å²) >= 11 is 0. The Hall–Kier alpha value is -2.29. The molecule has 5 heteroatoms. The topological polar surface area (TPSA) is 87.0 Å². The van der Waals surface area contributed by atoms with Gasteiger partial charge in [0.1, 0.15) is 11.9 Å². The SMILES string of the molecule is CC#CC[C@H](C)[C@H](O)/C=C/C1[C@H](O)C[C@@H]2Oc3c(CCCC(=O)O)cccc3[C@H]12. The fourth-order valence-corrected chi connectivity index (χ4v) is 4.41. The van der Waals surface area contributed by atoms with Crippen LogP contribution in [0.5, 0.6) is 5.75 Å². The van der Waals surface area contributed by atoms with E-state index < -0.39 is 18.2 Å². The Morgan fingerprint density at radius 3 is 2.93 bits per heavy atom. The van der Waals surface area contributed by atoms with E-state index in [9.17, 15) is 15.0 Å². The highest BCUT2D eigenvalue weighted by atomic mass is 16.5. The Morgan fingerprint density at radius 2 is 2.21 bits per heavy atom. The van der Waals surface area contributed by atoms with Gasteiger partial charge in [0.25, 0.3) is 0 Å². The van der Waals surface area contributed by atoms with Crippen molar-refractivity contribution in [3.05, 3.63) is 41.5 Å². The summed E-state index contributed by atoms with van der Waals surface area (Å²) < 4.78 is 6.21. The minimum absolute atomic E-state index is 0.0287. The lowest BCUT2D eigenvalue weighted by molar-refractivity contribution is -0.137. The van der Waals surface area contributed by atoms with E-state index in [-0.39, 0.29) is 30.3 Å². The van der Waals surface area contributed by atoms with E-state index in [0.717, 1.165) is 16.9 Å². The Balaban J connectivity index is 1.75. The fraction of sp³-hybridized carbons (Fsp3) is 0.542. The summed E-state index contributed by atoms with van der Waals surface area (Å²) in [5.41, 5.74) is 2.11. The Labute approximate surface area is 172 Å². The standard InChI is InChI=1S/C24H30O5/c1-3-4-7-15(2)19(25)13-12-17-20(26)14-21-23(17)18-10-5-8-16(24(18)29-21)9-6-11-22(27)28/h5,8,10,12-13,15,17,19-21,23,25-26H,6-7,9,11,14H2,1-2H3,(H,27,28)/b13-12+/t15-,17?,19+,20+,21-,23-/m0/s1. The molecule has 1 aromatic carbocycles. The number of fused-ring (bicyclic) bond motifs is 3. The van der Waals surface area contributed by atoms with E-state index in [2.05, 4.69) is 11.8 Å². The van der Waals surface area contributed by atoms with Crippen LogP contribution in [-0.2, 0) is 11.2 Å². The highest BCUT2D eigenvalue weighted by Gasteiger charge is 2.48. The van der Waals surface area contributed by atoms with Gasteiger partial charge in [0.05, 0.1) is 12.2 Å². The Morgan fingerprint density at radius 1 is 1.41 bits per heavy atom. The van der Waals surface area contributed by atoms with Gasteiger partial charge in [-0.2, -0.15) is 0 Å². The van der Waals surface area contributed by atoms with Gasteiger partial charge in [-0.25, -0.2) is 0 Å². The van der Waals surface area contributed by atoms with E-state index in [1.165, 1.54) is 0 Å². The molecule has 0 radical (unpaired) electrons. The molecule has 1 aromatic rings. The van der Waals surface area contributed by atoms with Crippen LogP contribution in [0, 0.1) is 23.7 Å². The van der Waals surface area contributed by atoms with Crippen molar-refractivity contribution in [2.24, 2.45) is 11.8 Å². The predicted molar refractivity (Wildman–Crippen MR) is 111 cm³/mol. The van der Waals surface area contributed by atoms with Crippen LogP contribution in [0.1, 0.15) is 56.6 Å². The third kappa shape index (κ3) is 4.83. The van der Waals surface area contributed by atoms with Crippen molar-refractivity contribution in [2.45, 2.75) is 70.2 Å². The quantitative estimate of drug-likeness (QED) is 0.462. The van der Waals surface area contributed by atoms with E-state index in [4.69, 9.17) is 9.84 Å². The van der Waals surface area contributed by atoms with Gasteiger partial charge in [0.15, 0.2) is 0 Å². The molecule has 156 valence electrons. The lowest BCUT2D eigenvalue weighted by Crippen LogP contribution is -2.19. The van der Waals surface area contributed by atoms with Gasteiger partial charge in [0.2, 0.25) is 0 Å². The zero-order valence-corrected chi connectivity index (χ0v) is 17.0. The second-order valence-corrected chi connectivity index (χ2v) is 8.13. The van der Waals surface area contributed by atoms with Gasteiger partial charge in [-0.05, 0) is 31.2 Å². The molecule has 6 atom stereocenters. The van der Waals surface area contributed by atoms with Gasteiger partial charge >= 0.3 is 5.97 Å². The predicted octanol–water partition coefficient (Wildman–Crippen LogP) is 3.29. The van der Waals surface area contributed by atoms with Crippen LogP contribution >= 0.6 is 0 Å². The Bertz CT molecular complexity index is 818. The summed E-state index contributed by atoms with van der Waals surface area (Å²) in [6.45, 7) is 3.75. The molecular formula is C24H30O5. The van der Waals surface area contributed by atoms with Crippen LogP contribution < -0.4 is 4.74 Å². The molecule has 1 heterocycles. The van der Waals surface area contributed by atoms with Gasteiger partial charge in [-0.3, -0.25) is 4.79 Å². The van der Waals surface area contributed by atoms with Crippen molar-refractivity contribution in [2.75, 3.05) is 0 Å². The number of carboxylic acids is 1. The highest BCUT2D eigenvalue weighted by molar-refractivity contribution is 5.66. The van der Waals surface area contributed by atoms with Crippen molar-refractivity contribution in [1.82, 2.24) is 0 Å². The number of para-hydroxylation sites is 1. The molecule has 3 N–H and O–H groups in total. The summed E-state index contributed by atoms with van der Waals surface area (Å²) in [7, 11) is 0. The average molecular weight is 398 g/mol. The van der Waals surface area contributed by atoms with Crippen LogP contribution in [0.25, 0.3) is 0 Å². The first-order chi connectivity index (χ1) is 13.9. The lowest BCUT2D eigenvalue weighted by Gasteiger charge is -2.19. The summed E-state index contributed by atoms with van der Waals surface area (Å²) in [5.74, 6) is 5.87. The van der Waals surface area contributed by atoms with Gasteiger partial charge in [-0.1, -0.05) is 37.3 Å². The molecule has 1 saturated carbocycles. The summed E-state index contributed by atoms with van der Waals surface area (Å²) in [6, 6.07) is 6.01. The van der Waals surface area contributed by atoms with Crippen LogP contribution in [0.4, 0.5) is 0 Å². The third-order valence-electron chi connectivity index (χ3n) is 6.04. The number of aliphatic carboxylic acids is 1. The first kappa shape index (κ1) is 21.4. The largest absolute Gasteiger partial charge is 0.489 e. The van der Waals surface area contributed by atoms with E-state index in [0.29, 0.717) is 25.7 Å². The van der Waals surface area contributed by atoms with Crippen LogP contribution in [0.3, 0.4) is 0 Å². The van der Waals surface area contributed by atoms with Gasteiger partial charge < -0.3 is 20.1 Å². The maximum Gasteiger partial charge on any atom is 0.303 e. The molecule has 3 rings (SSSR count). The molecule has 0 saturated heterocycles. The molecule has 1 aliphatic carbocycles. The molecule has 1 aliphatic heterocycles. The summed E-state index contributed by atoms with van der Waals surface area (Å²) in [4.78, 5) is 10.8. The van der Waals surface area contributed by atoms with Crippen molar-refractivity contribution in [3.63, 3.8) is 0 Å². The number of hydrogen-bond donors (Lipinski definition) is 3. The molecule has 5 nitrogen and oxygen atoms in total. The number of carbonyl (C=O) groups is 1. The van der Waals surface area contributed by atoms with Crippen LogP contribution in [0.15, 0.2) is 30.4 Å². The minimum atomic E-state index is -0.790. The Kier molecular flexibility index (Phi) is 7.00. The average Bonchev–Trinajstić information content (AvgIpc) is 3.19. The number of benzene rings is 1. The molecule has 0 spiro atoms. The second kappa shape index (κ2) is 9.47. The fourth-order valence-electron chi connectivity index (χ4n) is 4.41. The van der Waals surface area contributed by atoms with E-state index >= 15 is 0 Å². The third-order valence-corrected chi connectivity index (χ3v) is 6.04. The molecule has 0 amide bonds. The molecule has 0 bridgehead atoms. The molecule has 0 aromatic heterocycles. The highest BCUT2D eigenvalue weighted by Crippen LogP contribution is 2.52. The first-order valence-corrected chi connectivity index (χ1v) is 10.4. The van der Waals surface area contributed by atoms with Crippen molar-refractivity contribution >= 4 is 5.97 Å². The number of carboxylic acid groups (broad SMARTS) is 1. The molecular weight excluding hydrogens is 368 g/mol. The van der Waals surface area contributed by atoms with Gasteiger partial charge in [0, 0.05) is 36.7 Å². The number of aliphatic hydroxyl groups is 2. The molecule has 1 unspecified atom stereocenters. The number of ether oxygens (including phenoxy) is 1. The van der Waals surface area contributed by atoms with Crippen molar-refractivity contribution < 1.29 is 24.9 Å². The zero-order valence-electron chi connectivity index (χ0n) is 17.0. The summed E-state index contributed by atoms with van der Waals surface area (Å²) in [5, 5.41) is 29.9. The van der Waals surface area contributed by atoms with Crippen LogP contribution in [0.2, 0.25) is 0 Å². The van der Waals surface area contributed by atoms with E-state index in [1.54, 1.807) is 13.0 Å². The maximum atomic E-state index is 10.8. The lowest BCUT2D eigenvalue weighted by atomic mass is 9.86.